The van der Waals surface area contributed by atoms with Gasteiger partial charge >= 0.3 is 6.18 Å². The van der Waals surface area contributed by atoms with Crippen LogP contribution in [-0.2, 0) is 6.18 Å². The molecule has 0 bridgehead atoms. The Morgan fingerprint density at radius 2 is 2.06 bits per heavy atom. The van der Waals surface area contributed by atoms with Gasteiger partial charge in [-0.1, -0.05) is 0 Å². The van der Waals surface area contributed by atoms with Crippen molar-refractivity contribution < 1.29 is 17.9 Å². The second-order valence-electron chi connectivity index (χ2n) is 3.52. The largest absolute Gasteiger partial charge is 0.488 e. The van der Waals surface area contributed by atoms with Gasteiger partial charge in [0.1, 0.15) is 10.7 Å². The maximum atomic E-state index is 12.4. The summed E-state index contributed by atoms with van der Waals surface area (Å²) in [6.45, 7) is 0. The molecule has 2 rings (SSSR count). The van der Waals surface area contributed by atoms with Gasteiger partial charge in [-0.05, 0) is 31.2 Å². The van der Waals surface area contributed by atoms with Gasteiger partial charge in [-0.2, -0.15) is 13.2 Å². The van der Waals surface area contributed by atoms with E-state index in [4.69, 9.17) is 4.74 Å². The molecule has 1 aromatic rings. The van der Waals surface area contributed by atoms with Crippen LogP contribution in [0.25, 0.3) is 0 Å². The lowest BCUT2D eigenvalue weighted by Gasteiger charge is -2.11. The topological polar surface area (TPSA) is 22.1 Å². The third-order valence-electron chi connectivity index (χ3n) is 2.13. The average molecular weight is 249 g/mol. The summed E-state index contributed by atoms with van der Waals surface area (Å²) in [5, 5.41) is 0.293. The van der Waals surface area contributed by atoms with Crippen molar-refractivity contribution in [3.05, 3.63) is 17.8 Å². The molecule has 6 heteroatoms. The van der Waals surface area contributed by atoms with E-state index in [0.717, 1.165) is 30.7 Å². The zero-order chi connectivity index (χ0) is 11.8. The van der Waals surface area contributed by atoms with Crippen molar-refractivity contribution in [2.45, 2.75) is 30.1 Å². The molecule has 0 atom stereocenters. The molecule has 1 aliphatic rings. The fourth-order valence-corrected chi connectivity index (χ4v) is 1.69. The minimum atomic E-state index is -4.40. The van der Waals surface area contributed by atoms with Gasteiger partial charge in [0.2, 0.25) is 0 Å². The molecule has 0 aliphatic heterocycles. The summed E-state index contributed by atoms with van der Waals surface area (Å²) in [7, 11) is 0. The highest BCUT2D eigenvalue weighted by Crippen LogP contribution is 2.35. The van der Waals surface area contributed by atoms with Crippen LogP contribution in [0.3, 0.4) is 0 Å². The van der Waals surface area contributed by atoms with E-state index in [1.54, 1.807) is 6.26 Å². The van der Waals surface area contributed by atoms with Crippen molar-refractivity contribution in [1.82, 2.24) is 4.98 Å². The first-order valence-corrected chi connectivity index (χ1v) is 6.02. The van der Waals surface area contributed by atoms with Crippen molar-refractivity contribution in [2.75, 3.05) is 6.26 Å². The number of hydrogen-bond donors (Lipinski definition) is 0. The first-order valence-electron chi connectivity index (χ1n) is 4.79. The number of aromatic nitrogens is 1. The van der Waals surface area contributed by atoms with Crippen LogP contribution in [0.15, 0.2) is 17.2 Å². The van der Waals surface area contributed by atoms with Crippen LogP contribution in [0, 0.1) is 0 Å². The van der Waals surface area contributed by atoms with Gasteiger partial charge in [0.05, 0.1) is 6.10 Å². The molecule has 16 heavy (non-hydrogen) atoms. The van der Waals surface area contributed by atoms with Gasteiger partial charge in [-0.15, -0.1) is 11.8 Å². The second kappa shape index (κ2) is 4.16. The van der Waals surface area contributed by atoms with Crippen LogP contribution < -0.4 is 4.74 Å². The number of ether oxygens (including phenoxy) is 1. The van der Waals surface area contributed by atoms with Gasteiger partial charge in [0, 0.05) is 0 Å². The molecule has 0 unspecified atom stereocenters. The van der Waals surface area contributed by atoms with E-state index in [1.165, 1.54) is 6.07 Å². The Morgan fingerprint density at radius 3 is 2.56 bits per heavy atom. The van der Waals surface area contributed by atoms with Gasteiger partial charge < -0.3 is 4.74 Å². The summed E-state index contributed by atoms with van der Waals surface area (Å²) >= 11 is 1.16. The molecule has 0 aromatic carbocycles. The molecule has 2 nitrogen and oxygen atoms in total. The molecule has 0 spiro atoms. The zero-order valence-electron chi connectivity index (χ0n) is 8.54. The Morgan fingerprint density at radius 1 is 1.38 bits per heavy atom. The first-order chi connectivity index (χ1) is 7.50. The molecule has 0 amide bonds. The van der Waals surface area contributed by atoms with Crippen LogP contribution in [0.5, 0.6) is 5.75 Å². The van der Waals surface area contributed by atoms with Gasteiger partial charge in [0.15, 0.2) is 5.75 Å². The number of alkyl halides is 3. The minimum Gasteiger partial charge on any atom is -0.488 e. The fourth-order valence-electron chi connectivity index (χ4n) is 1.19. The molecule has 0 N–H and O–H groups in total. The Balaban J connectivity index is 2.26. The lowest BCUT2D eigenvalue weighted by atomic mass is 10.3. The van der Waals surface area contributed by atoms with Crippen LogP contribution in [0.1, 0.15) is 18.5 Å². The summed E-state index contributed by atoms with van der Waals surface area (Å²) < 4.78 is 42.7. The number of halogens is 3. The van der Waals surface area contributed by atoms with Crippen molar-refractivity contribution in [1.29, 1.82) is 0 Å². The van der Waals surface area contributed by atoms with E-state index >= 15 is 0 Å². The van der Waals surface area contributed by atoms with E-state index in [2.05, 4.69) is 4.98 Å². The summed E-state index contributed by atoms with van der Waals surface area (Å²) in [6.07, 6.45) is -0.626. The van der Waals surface area contributed by atoms with Crippen molar-refractivity contribution >= 4 is 11.8 Å². The minimum absolute atomic E-state index is 0.157. The molecule has 0 saturated heterocycles. The van der Waals surface area contributed by atoms with Crippen molar-refractivity contribution in [3.8, 4) is 5.75 Å². The van der Waals surface area contributed by atoms with Crippen LogP contribution in [0.4, 0.5) is 13.2 Å². The van der Waals surface area contributed by atoms with E-state index in [0.29, 0.717) is 10.8 Å². The summed E-state index contributed by atoms with van der Waals surface area (Å²) in [5.41, 5.74) is -0.875. The molecule has 88 valence electrons. The summed E-state index contributed by atoms with van der Waals surface area (Å²) in [4.78, 5) is 3.56. The smallest absolute Gasteiger partial charge is 0.433 e. The number of thioether (sulfide) groups is 1. The predicted octanol–water partition coefficient (Wildman–Crippen LogP) is 3.36. The molecule has 1 aliphatic carbocycles. The van der Waals surface area contributed by atoms with E-state index in [-0.39, 0.29) is 6.10 Å². The van der Waals surface area contributed by atoms with Crippen LogP contribution >= 0.6 is 11.8 Å². The Labute approximate surface area is 95.2 Å². The summed E-state index contributed by atoms with van der Waals surface area (Å²) in [5.74, 6) is 0.447. The monoisotopic (exact) mass is 249 g/mol. The van der Waals surface area contributed by atoms with Crippen LogP contribution in [0.2, 0.25) is 0 Å². The number of hydrogen-bond acceptors (Lipinski definition) is 3. The van der Waals surface area contributed by atoms with Crippen LogP contribution in [-0.4, -0.2) is 17.3 Å². The Kier molecular flexibility index (Phi) is 3.01. The molecular weight excluding hydrogens is 239 g/mol. The highest BCUT2D eigenvalue weighted by molar-refractivity contribution is 7.98. The number of nitrogens with zero attached hydrogens (tertiary/aromatic N) is 1. The molecule has 1 aromatic heterocycles. The zero-order valence-corrected chi connectivity index (χ0v) is 9.36. The normalized spacial score (nSPS) is 16.2. The maximum absolute atomic E-state index is 12.4. The molecule has 0 radical (unpaired) electrons. The first kappa shape index (κ1) is 11.6. The van der Waals surface area contributed by atoms with E-state index in [9.17, 15) is 13.2 Å². The average Bonchev–Trinajstić information content (AvgIpc) is 3.00. The van der Waals surface area contributed by atoms with Gasteiger partial charge in [-0.25, -0.2) is 4.98 Å². The van der Waals surface area contributed by atoms with E-state index in [1.807, 2.05) is 0 Å². The fraction of sp³-hybridized carbons (Fsp3) is 0.500. The quantitative estimate of drug-likeness (QED) is 0.767. The lowest BCUT2D eigenvalue weighted by molar-refractivity contribution is -0.141. The lowest BCUT2D eigenvalue weighted by Crippen LogP contribution is -2.09. The molecule has 1 fully saturated rings. The third kappa shape index (κ3) is 2.61. The van der Waals surface area contributed by atoms with Crippen molar-refractivity contribution in [3.63, 3.8) is 0 Å². The Hall–Kier alpha value is -0.910. The van der Waals surface area contributed by atoms with Crippen molar-refractivity contribution in [2.24, 2.45) is 0 Å². The second-order valence-corrected chi connectivity index (χ2v) is 4.31. The number of rotatable bonds is 3. The third-order valence-corrected chi connectivity index (χ3v) is 2.81. The highest BCUT2D eigenvalue weighted by atomic mass is 32.2. The highest BCUT2D eigenvalue weighted by Gasteiger charge is 2.33. The summed E-state index contributed by atoms with van der Waals surface area (Å²) in [6, 6.07) is 2.30. The number of pyridine rings is 1. The van der Waals surface area contributed by atoms with Gasteiger partial charge in [-0.3, -0.25) is 0 Å². The molecular formula is C10H10F3NOS. The molecule has 1 saturated carbocycles. The van der Waals surface area contributed by atoms with E-state index < -0.39 is 11.9 Å². The standard InChI is InChI=1S/C10H10F3NOS/c1-16-9-7(15-6-2-3-6)4-5-8(14-9)10(11,12)13/h4-6H,2-3H2,1H3. The SMILES string of the molecule is CSc1nc(C(F)(F)F)ccc1OC1CC1. The van der Waals surface area contributed by atoms with Gasteiger partial charge in [0.25, 0.3) is 0 Å². The molecule has 1 heterocycles. The maximum Gasteiger partial charge on any atom is 0.433 e. The Bertz CT molecular complexity index is 390. The predicted molar refractivity (Wildman–Crippen MR) is 54.7 cm³/mol.